The van der Waals surface area contributed by atoms with Crippen LogP contribution in [0.3, 0.4) is 0 Å². The quantitative estimate of drug-likeness (QED) is 0.399. The van der Waals surface area contributed by atoms with Gasteiger partial charge >= 0.3 is 18.3 Å². The van der Waals surface area contributed by atoms with Crippen molar-refractivity contribution in [3.05, 3.63) is 63.6 Å². The molecule has 3 fully saturated rings. The fourth-order valence-electron chi connectivity index (χ4n) is 7.31. The highest BCUT2D eigenvalue weighted by Gasteiger charge is 2.37. The van der Waals surface area contributed by atoms with Crippen LogP contribution in [0.1, 0.15) is 49.8 Å². The first-order valence-electron chi connectivity index (χ1n) is 16.8. The molecule has 0 spiro atoms. The number of nitrogens with one attached hydrogen (secondary N) is 2. The van der Waals surface area contributed by atoms with Gasteiger partial charge in [0.1, 0.15) is 0 Å². The number of carbonyl (C=O) groups is 3. The first kappa shape index (κ1) is 36.9. The molecular formula is C35H46BrF3N6O4. The molecule has 268 valence electrons. The molecule has 0 aliphatic carbocycles. The van der Waals surface area contributed by atoms with Crippen molar-refractivity contribution in [1.82, 2.24) is 24.9 Å². The van der Waals surface area contributed by atoms with E-state index >= 15 is 0 Å². The summed E-state index contributed by atoms with van der Waals surface area (Å²) in [5, 5.41) is 6.36. The van der Waals surface area contributed by atoms with Crippen LogP contribution in [-0.4, -0.2) is 115 Å². The van der Waals surface area contributed by atoms with E-state index in [-0.39, 0.29) is 36.3 Å². The molecule has 10 nitrogen and oxygen atoms in total. The van der Waals surface area contributed by atoms with Crippen molar-refractivity contribution in [3.8, 4) is 0 Å². The number of hydrogen-bond donors (Lipinski definition) is 2. The first-order chi connectivity index (χ1) is 23.1. The molecule has 0 aromatic heterocycles. The molecular weight excluding hydrogens is 705 g/mol. The lowest BCUT2D eigenvalue weighted by Crippen LogP contribution is -2.54. The summed E-state index contributed by atoms with van der Waals surface area (Å²) in [7, 11) is 0. The van der Waals surface area contributed by atoms with Gasteiger partial charge in [-0.25, -0.2) is 9.59 Å². The van der Waals surface area contributed by atoms with Crippen molar-refractivity contribution in [2.45, 2.75) is 70.3 Å². The Balaban J connectivity index is 0.00000468. The summed E-state index contributed by atoms with van der Waals surface area (Å²) in [6.07, 6.45) is -2.95. The maximum absolute atomic E-state index is 13.9. The number of halogens is 4. The lowest BCUT2D eigenvalue weighted by Gasteiger charge is -2.41. The third-order valence-electron chi connectivity index (χ3n) is 10.0. The molecule has 49 heavy (non-hydrogen) atoms. The maximum Gasteiger partial charge on any atom is 0.417 e. The Morgan fingerprint density at radius 3 is 2.22 bits per heavy atom. The van der Waals surface area contributed by atoms with E-state index in [9.17, 15) is 27.6 Å². The molecule has 2 aromatic rings. The third-order valence-corrected chi connectivity index (χ3v) is 10.7. The van der Waals surface area contributed by atoms with Crippen LogP contribution in [0, 0.1) is 0 Å². The Hall–Kier alpha value is -3.36. The van der Waals surface area contributed by atoms with Gasteiger partial charge in [-0.15, -0.1) is 0 Å². The first-order valence-corrected chi connectivity index (χ1v) is 17.6. The van der Waals surface area contributed by atoms with Crippen molar-refractivity contribution in [1.29, 1.82) is 0 Å². The number of alkyl halides is 3. The Kier molecular flexibility index (Phi) is 12.1. The number of urea groups is 1. The summed E-state index contributed by atoms with van der Waals surface area (Å²) in [5.41, 5.74) is 1.53. The zero-order valence-electron chi connectivity index (χ0n) is 26.8. The van der Waals surface area contributed by atoms with Crippen LogP contribution in [0.5, 0.6) is 0 Å². The average molecular weight is 752 g/mol. The number of nitrogens with zero attached hydrogens (tertiary/aromatic N) is 4. The lowest BCUT2D eigenvalue weighted by molar-refractivity contribution is -0.142. The van der Waals surface area contributed by atoms with E-state index in [1.165, 1.54) is 12.1 Å². The number of hydrogen-bond acceptors (Lipinski definition) is 6. The summed E-state index contributed by atoms with van der Waals surface area (Å²) >= 11 is 3.03. The van der Waals surface area contributed by atoms with E-state index in [0.717, 1.165) is 62.8 Å². The zero-order chi connectivity index (χ0) is 33.8. The van der Waals surface area contributed by atoms with E-state index < -0.39 is 23.9 Å². The molecule has 4 aliphatic rings. The normalized spacial score (nSPS) is 20.5. The van der Waals surface area contributed by atoms with Crippen LogP contribution in [-0.2, 0) is 28.5 Å². The van der Waals surface area contributed by atoms with Crippen LogP contribution in [0.25, 0.3) is 0 Å². The summed E-state index contributed by atoms with van der Waals surface area (Å²) < 4.78 is 46.0. The number of carbonyl (C=O) groups excluding carboxylic acids is 3. The van der Waals surface area contributed by atoms with Crippen LogP contribution in [0.2, 0.25) is 0 Å². The molecule has 0 radical (unpaired) electrons. The van der Waals surface area contributed by atoms with E-state index in [1.54, 1.807) is 9.80 Å². The average Bonchev–Trinajstić information content (AvgIpc) is 3.25. The Morgan fingerprint density at radius 2 is 1.55 bits per heavy atom. The van der Waals surface area contributed by atoms with Gasteiger partial charge in [0.05, 0.1) is 5.56 Å². The second kappa shape index (κ2) is 16.1. The predicted octanol–water partition coefficient (Wildman–Crippen LogP) is 5.60. The molecule has 3 saturated heterocycles. The molecule has 2 N–H and O–H groups in total. The van der Waals surface area contributed by atoms with Gasteiger partial charge in [-0.1, -0.05) is 47.6 Å². The van der Waals surface area contributed by atoms with E-state index in [4.69, 9.17) is 4.74 Å². The van der Waals surface area contributed by atoms with Gasteiger partial charge in [-0.05, 0) is 61.4 Å². The van der Waals surface area contributed by atoms with Gasteiger partial charge in [-0.2, -0.15) is 13.2 Å². The van der Waals surface area contributed by atoms with E-state index in [0.29, 0.717) is 57.2 Å². The Labute approximate surface area is 294 Å². The standard InChI is InChI=1S/C34H42BrF3N6O4.CH4/c35-28-21-23(5-6-27(28)34(36,37)38)22-30(31(45)42-14-8-25(9-15-42)41-19-12-39-13-20-41)48-33(47)43-16-10-26(11-17-43)44-18-7-24-3-1-2-4-29(24)40-32(44)46;/h1-6,21,25-26,30,39H,7-20,22H2,(H,40,46);1H4/t30-;/m1./s1. The van der Waals surface area contributed by atoms with Gasteiger partial charge in [0.25, 0.3) is 5.91 Å². The van der Waals surface area contributed by atoms with Crippen LogP contribution in [0.15, 0.2) is 46.9 Å². The Bertz CT molecular complexity index is 1470. The fraction of sp³-hybridized carbons (Fsp3) is 0.571. The molecule has 14 heteroatoms. The largest absolute Gasteiger partial charge is 0.436 e. The summed E-state index contributed by atoms with van der Waals surface area (Å²) in [6.45, 7) is 6.13. The number of piperazine rings is 1. The molecule has 6 rings (SSSR count). The molecule has 4 heterocycles. The number of likely N-dealkylation sites (tertiary alicyclic amines) is 2. The fourth-order valence-corrected chi connectivity index (χ4v) is 7.96. The van der Waals surface area contributed by atoms with Crippen molar-refractivity contribution < 1.29 is 32.3 Å². The summed E-state index contributed by atoms with van der Waals surface area (Å²) in [5.74, 6) is -0.339. The van der Waals surface area contributed by atoms with Gasteiger partial charge < -0.3 is 30.1 Å². The summed E-state index contributed by atoms with van der Waals surface area (Å²) in [6, 6.07) is 11.6. The maximum atomic E-state index is 13.9. The molecule has 0 bridgehead atoms. The highest BCUT2D eigenvalue weighted by atomic mass is 79.9. The monoisotopic (exact) mass is 750 g/mol. The second-order valence-corrected chi connectivity index (χ2v) is 13.8. The zero-order valence-corrected chi connectivity index (χ0v) is 28.4. The number of benzene rings is 2. The van der Waals surface area contributed by atoms with E-state index in [1.807, 2.05) is 29.2 Å². The van der Waals surface area contributed by atoms with Crippen LogP contribution < -0.4 is 10.6 Å². The molecule has 1 atom stereocenters. The highest BCUT2D eigenvalue weighted by Crippen LogP contribution is 2.35. The molecule has 4 aliphatic heterocycles. The second-order valence-electron chi connectivity index (χ2n) is 13.0. The number of para-hydroxylation sites is 1. The smallest absolute Gasteiger partial charge is 0.417 e. The number of piperidine rings is 2. The SMILES string of the molecule is C.O=C(O[C@H](Cc1ccc(C(F)(F)F)c(Br)c1)C(=O)N1CCC(N2CCNCC2)CC1)N1CCC(N2CCc3ccccc3NC2=O)CC1. The minimum Gasteiger partial charge on any atom is -0.436 e. The van der Waals surface area contributed by atoms with Crippen LogP contribution in [0.4, 0.5) is 28.4 Å². The molecule has 2 aromatic carbocycles. The van der Waals surface area contributed by atoms with Gasteiger partial charge in [0.15, 0.2) is 6.10 Å². The van der Waals surface area contributed by atoms with Crippen molar-refractivity contribution >= 4 is 39.6 Å². The minimum atomic E-state index is -4.53. The van der Waals surface area contributed by atoms with Gasteiger partial charge in [0, 0.05) is 87.6 Å². The van der Waals surface area contributed by atoms with Gasteiger partial charge in [-0.3, -0.25) is 9.69 Å². The number of rotatable bonds is 6. The number of ether oxygens (including phenoxy) is 1. The lowest BCUT2D eigenvalue weighted by atomic mass is 10.00. The minimum absolute atomic E-state index is 0. The molecule has 0 saturated carbocycles. The molecule has 0 unspecified atom stereocenters. The number of anilines is 1. The highest BCUT2D eigenvalue weighted by molar-refractivity contribution is 9.10. The summed E-state index contributed by atoms with van der Waals surface area (Å²) in [4.78, 5) is 48.0. The topological polar surface area (TPSA) is 97.5 Å². The molecule has 4 amide bonds. The van der Waals surface area contributed by atoms with Crippen molar-refractivity contribution in [3.63, 3.8) is 0 Å². The van der Waals surface area contributed by atoms with E-state index in [2.05, 4.69) is 31.5 Å². The van der Waals surface area contributed by atoms with Gasteiger partial charge in [0.2, 0.25) is 0 Å². The van der Waals surface area contributed by atoms with Crippen molar-refractivity contribution in [2.75, 3.05) is 64.2 Å². The predicted molar refractivity (Wildman–Crippen MR) is 184 cm³/mol. The van der Waals surface area contributed by atoms with Crippen molar-refractivity contribution in [2.24, 2.45) is 0 Å². The number of amides is 4. The van der Waals surface area contributed by atoms with Crippen LogP contribution >= 0.6 is 15.9 Å². The Morgan fingerprint density at radius 1 is 0.898 bits per heavy atom. The number of fused-ring (bicyclic) bond motifs is 1. The third kappa shape index (κ3) is 8.87.